The van der Waals surface area contributed by atoms with Crippen molar-refractivity contribution >= 4 is 5.69 Å². The van der Waals surface area contributed by atoms with Crippen LogP contribution < -0.4 is 10.2 Å². The first kappa shape index (κ1) is 16.3. The van der Waals surface area contributed by atoms with Crippen LogP contribution in [0, 0.1) is 5.92 Å². The van der Waals surface area contributed by atoms with Gasteiger partial charge < -0.3 is 15.0 Å². The van der Waals surface area contributed by atoms with Crippen molar-refractivity contribution in [1.82, 2.24) is 5.32 Å². The second-order valence-electron chi connectivity index (χ2n) is 6.33. The third-order valence-corrected chi connectivity index (χ3v) is 4.03. The molecule has 0 spiro atoms. The van der Waals surface area contributed by atoms with Crippen molar-refractivity contribution in [1.29, 1.82) is 0 Å². The first-order valence-corrected chi connectivity index (χ1v) is 8.35. The van der Waals surface area contributed by atoms with E-state index in [9.17, 15) is 0 Å². The standard InChI is InChI=1S/C18H30N2O/c1-4-21-18-9-11-20(12-10-18)17-7-5-16(6-8-17)14-19-13-15(2)3/h5-8,15,18-19H,4,9-14H2,1-3H3. The lowest BCUT2D eigenvalue weighted by Crippen LogP contribution is -2.37. The van der Waals surface area contributed by atoms with E-state index in [1.54, 1.807) is 0 Å². The molecule has 3 nitrogen and oxygen atoms in total. The van der Waals surface area contributed by atoms with Gasteiger partial charge in [-0.15, -0.1) is 0 Å². The summed E-state index contributed by atoms with van der Waals surface area (Å²) < 4.78 is 5.71. The Hall–Kier alpha value is -1.06. The van der Waals surface area contributed by atoms with Crippen molar-refractivity contribution in [3.8, 4) is 0 Å². The molecule has 0 saturated carbocycles. The Morgan fingerprint density at radius 3 is 2.43 bits per heavy atom. The number of piperidine rings is 1. The van der Waals surface area contributed by atoms with E-state index in [2.05, 4.69) is 55.3 Å². The van der Waals surface area contributed by atoms with Crippen molar-refractivity contribution in [3.63, 3.8) is 0 Å². The molecule has 2 rings (SSSR count). The third kappa shape index (κ3) is 5.33. The zero-order chi connectivity index (χ0) is 15.1. The summed E-state index contributed by atoms with van der Waals surface area (Å²) in [6, 6.07) is 9.01. The predicted octanol–water partition coefficient (Wildman–Crippen LogP) is 3.44. The highest BCUT2D eigenvalue weighted by atomic mass is 16.5. The molecular formula is C18H30N2O. The van der Waals surface area contributed by atoms with E-state index in [-0.39, 0.29) is 0 Å². The largest absolute Gasteiger partial charge is 0.378 e. The third-order valence-electron chi connectivity index (χ3n) is 4.03. The predicted molar refractivity (Wildman–Crippen MR) is 89.8 cm³/mol. The summed E-state index contributed by atoms with van der Waals surface area (Å²) >= 11 is 0. The fourth-order valence-corrected chi connectivity index (χ4v) is 2.85. The number of ether oxygens (including phenoxy) is 1. The number of nitrogens with zero attached hydrogens (tertiary/aromatic N) is 1. The monoisotopic (exact) mass is 290 g/mol. The quantitative estimate of drug-likeness (QED) is 0.832. The molecule has 1 saturated heterocycles. The van der Waals surface area contributed by atoms with Crippen LogP contribution in [-0.2, 0) is 11.3 Å². The van der Waals surface area contributed by atoms with Crippen molar-refractivity contribution in [2.45, 2.75) is 46.3 Å². The average molecular weight is 290 g/mol. The van der Waals surface area contributed by atoms with E-state index in [0.717, 1.165) is 45.6 Å². The van der Waals surface area contributed by atoms with Crippen LogP contribution >= 0.6 is 0 Å². The Balaban J connectivity index is 1.79. The van der Waals surface area contributed by atoms with Crippen molar-refractivity contribution in [2.75, 3.05) is 31.1 Å². The topological polar surface area (TPSA) is 24.5 Å². The molecule has 1 fully saturated rings. The fourth-order valence-electron chi connectivity index (χ4n) is 2.85. The van der Waals surface area contributed by atoms with Gasteiger partial charge in [0.05, 0.1) is 6.10 Å². The molecule has 0 bridgehead atoms. The Bertz CT molecular complexity index is 394. The van der Waals surface area contributed by atoms with Gasteiger partial charge in [0, 0.05) is 31.9 Å². The molecule has 0 atom stereocenters. The summed E-state index contributed by atoms with van der Waals surface area (Å²) in [4.78, 5) is 2.47. The molecule has 1 aliphatic heterocycles. The normalized spacial score (nSPS) is 16.7. The van der Waals surface area contributed by atoms with Crippen LogP contribution in [0.5, 0.6) is 0 Å². The molecule has 1 N–H and O–H groups in total. The highest BCUT2D eigenvalue weighted by molar-refractivity contribution is 5.48. The molecule has 1 aromatic rings. The van der Waals surface area contributed by atoms with Gasteiger partial charge in [-0.25, -0.2) is 0 Å². The summed E-state index contributed by atoms with van der Waals surface area (Å²) in [7, 11) is 0. The molecule has 21 heavy (non-hydrogen) atoms. The lowest BCUT2D eigenvalue weighted by molar-refractivity contribution is 0.0459. The number of hydrogen-bond donors (Lipinski definition) is 1. The van der Waals surface area contributed by atoms with Crippen LogP contribution in [0.15, 0.2) is 24.3 Å². The van der Waals surface area contributed by atoms with Gasteiger partial charge in [-0.2, -0.15) is 0 Å². The van der Waals surface area contributed by atoms with Crippen LogP contribution in [0.3, 0.4) is 0 Å². The average Bonchev–Trinajstić information content (AvgIpc) is 2.49. The van der Waals surface area contributed by atoms with Crippen molar-refractivity contribution in [2.24, 2.45) is 5.92 Å². The minimum Gasteiger partial charge on any atom is -0.378 e. The molecule has 3 heteroatoms. The number of hydrogen-bond acceptors (Lipinski definition) is 3. The highest BCUT2D eigenvalue weighted by Crippen LogP contribution is 2.21. The Labute approximate surface area is 129 Å². The van der Waals surface area contributed by atoms with E-state index in [0.29, 0.717) is 12.0 Å². The maximum Gasteiger partial charge on any atom is 0.0608 e. The number of rotatable bonds is 7. The maximum atomic E-state index is 5.71. The van der Waals surface area contributed by atoms with E-state index >= 15 is 0 Å². The molecule has 0 aromatic heterocycles. The molecule has 0 radical (unpaired) electrons. The van der Waals surface area contributed by atoms with Gasteiger partial charge in [-0.3, -0.25) is 0 Å². The van der Waals surface area contributed by atoms with Gasteiger partial charge in [0.1, 0.15) is 0 Å². The molecular weight excluding hydrogens is 260 g/mol. The van der Waals surface area contributed by atoms with Crippen molar-refractivity contribution in [3.05, 3.63) is 29.8 Å². The van der Waals surface area contributed by atoms with Crippen LogP contribution in [0.25, 0.3) is 0 Å². The summed E-state index contributed by atoms with van der Waals surface area (Å²) in [6.07, 6.45) is 2.75. The second-order valence-corrected chi connectivity index (χ2v) is 6.33. The molecule has 1 aliphatic rings. The van der Waals surface area contributed by atoms with Crippen LogP contribution in [-0.4, -0.2) is 32.3 Å². The van der Waals surface area contributed by atoms with Gasteiger partial charge in [0.25, 0.3) is 0 Å². The highest BCUT2D eigenvalue weighted by Gasteiger charge is 2.19. The van der Waals surface area contributed by atoms with Gasteiger partial charge in [-0.05, 0) is 49.9 Å². The van der Waals surface area contributed by atoms with Crippen LogP contribution in [0.1, 0.15) is 39.2 Å². The minimum atomic E-state index is 0.464. The molecule has 0 amide bonds. The zero-order valence-corrected chi connectivity index (χ0v) is 13.8. The lowest BCUT2D eigenvalue weighted by atomic mass is 10.1. The smallest absolute Gasteiger partial charge is 0.0608 e. The summed E-state index contributed by atoms with van der Waals surface area (Å²) in [5.41, 5.74) is 2.71. The summed E-state index contributed by atoms with van der Waals surface area (Å²) in [5, 5.41) is 3.49. The van der Waals surface area contributed by atoms with E-state index in [4.69, 9.17) is 4.74 Å². The first-order valence-electron chi connectivity index (χ1n) is 8.35. The minimum absolute atomic E-state index is 0.464. The maximum absolute atomic E-state index is 5.71. The van der Waals surface area contributed by atoms with Gasteiger partial charge in [0.2, 0.25) is 0 Å². The van der Waals surface area contributed by atoms with Crippen LogP contribution in [0.4, 0.5) is 5.69 Å². The molecule has 1 aromatic carbocycles. The fraction of sp³-hybridized carbons (Fsp3) is 0.667. The Kier molecular flexibility index (Phi) is 6.52. The van der Waals surface area contributed by atoms with Crippen molar-refractivity contribution < 1.29 is 4.74 Å². The molecule has 0 unspecified atom stereocenters. The summed E-state index contributed by atoms with van der Waals surface area (Å²) in [5.74, 6) is 0.705. The molecule has 118 valence electrons. The second kappa shape index (κ2) is 8.40. The SMILES string of the molecule is CCOC1CCN(c2ccc(CNCC(C)C)cc2)CC1. The Morgan fingerprint density at radius 2 is 1.86 bits per heavy atom. The number of benzene rings is 1. The Morgan fingerprint density at radius 1 is 1.19 bits per heavy atom. The van der Waals surface area contributed by atoms with E-state index in [1.165, 1.54) is 11.3 Å². The van der Waals surface area contributed by atoms with Crippen LogP contribution in [0.2, 0.25) is 0 Å². The molecule has 1 heterocycles. The van der Waals surface area contributed by atoms with Gasteiger partial charge in [0.15, 0.2) is 0 Å². The number of nitrogens with one attached hydrogen (secondary N) is 1. The first-order chi connectivity index (χ1) is 10.2. The van der Waals surface area contributed by atoms with Gasteiger partial charge in [-0.1, -0.05) is 26.0 Å². The zero-order valence-electron chi connectivity index (χ0n) is 13.8. The lowest BCUT2D eigenvalue weighted by Gasteiger charge is -2.33. The van der Waals surface area contributed by atoms with Gasteiger partial charge >= 0.3 is 0 Å². The molecule has 0 aliphatic carbocycles. The number of anilines is 1. The summed E-state index contributed by atoms with van der Waals surface area (Å²) in [6.45, 7) is 11.6. The van der Waals surface area contributed by atoms with E-state index in [1.807, 2.05) is 0 Å². The van der Waals surface area contributed by atoms with E-state index < -0.39 is 0 Å².